The first-order valence-corrected chi connectivity index (χ1v) is 7.07. The normalized spacial score (nSPS) is 32.2. The highest BCUT2D eigenvalue weighted by molar-refractivity contribution is 5.02. The molecule has 0 bridgehead atoms. The molecule has 0 aromatic heterocycles. The number of nitrogens with zero attached hydrogens (tertiary/aromatic N) is 1. The van der Waals surface area contributed by atoms with Gasteiger partial charge in [-0.3, -0.25) is 0 Å². The van der Waals surface area contributed by atoms with Gasteiger partial charge in [0, 0.05) is 18.5 Å². The molecular formula is C15H31NO2. The molecule has 1 aliphatic rings. The molecule has 3 unspecified atom stereocenters. The van der Waals surface area contributed by atoms with E-state index in [1.54, 1.807) is 0 Å². The van der Waals surface area contributed by atoms with Crippen molar-refractivity contribution in [2.45, 2.75) is 71.8 Å². The maximum atomic E-state index is 10.5. The molecular weight excluding hydrogens is 226 g/mol. The van der Waals surface area contributed by atoms with Gasteiger partial charge >= 0.3 is 0 Å². The molecule has 0 amide bonds. The fourth-order valence-electron chi connectivity index (χ4n) is 2.98. The SMILES string of the molecule is CC(C)C(C)N(C)CC1C(O)C(C)(C)OC1(C)C. The van der Waals surface area contributed by atoms with Gasteiger partial charge in [-0.15, -0.1) is 0 Å². The van der Waals surface area contributed by atoms with Crippen LogP contribution in [0.25, 0.3) is 0 Å². The van der Waals surface area contributed by atoms with Crippen LogP contribution >= 0.6 is 0 Å². The van der Waals surface area contributed by atoms with Gasteiger partial charge in [0.2, 0.25) is 0 Å². The van der Waals surface area contributed by atoms with Gasteiger partial charge in [-0.1, -0.05) is 13.8 Å². The molecule has 108 valence electrons. The summed E-state index contributed by atoms with van der Waals surface area (Å²) in [6.45, 7) is 15.7. The molecule has 0 spiro atoms. The third-order valence-corrected chi connectivity index (χ3v) is 4.66. The Bertz CT molecular complexity index is 286. The van der Waals surface area contributed by atoms with Crippen LogP contribution in [-0.2, 0) is 4.74 Å². The molecule has 1 heterocycles. The molecule has 3 atom stereocenters. The Balaban J connectivity index is 2.77. The van der Waals surface area contributed by atoms with E-state index in [9.17, 15) is 5.11 Å². The van der Waals surface area contributed by atoms with Crippen molar-refractivity contribution in [3.8, 4) is 0 Å². The molecule has 0 aromatic carbocycles. The third kappa shape index (κ3) is 3.06. The van der Waals surface area contributed by atoms with E-state index in [0.717, 1.165) is 6.54 Å². The van der Waals surface area contributed by atoms with Crippen molar-refractivity contribution in [3.63, 3.8) is 0 Å². The number of aliphatic hydroxyl groups excluding tert-OH is 1. The quantitative estimate of drug-likeness (QED) is 0.840. The predicted octanol–water partition coefficient (Wildman–Crippen LogP) is 2.53. The van der Waals surface area contributed by atoms with E-state index in [4.69, 9.17) is 4.74 Å². The smallest absolute Gasteiger partial charge is 0.0896 e. The summed E-state index contributed by atoms with van der Waals surface area (Å²) in [6.07, 6.45) is -0.408. The van der Waals surface area contributed by atoms with Crippen LogP contribution in [0.4, 0.5) is 0 Å². The predicted molar refractivity (Wildman–Crippen MR) is 75.7 cm³/mol. The monoisotopic (exact) mass is 257 g/mol. The molecule has 0 aliphatic carbocycles. The maximum Gasteiger partial charge on any atom is 0.0896 e. The Morgan fingerprint density at radius 2 is 1.61 bits per heavy atom. The van der Waals surface area contributed by atoms with Crippen molar-refractivity contribution in [1.82, 2.24) is 4.90 Å². The lowest BCUT2D eigenvalue weighted by molar-refractivity contribution is -0.0914. The minimum absolute atomic E-state index is 0.152. The molecule has 0 saturated carbocycles. The Hall–Kier alpha value is -0.120. The summed E-state index contributed by atoms with van der Waals surface area (Å²) in [5, 5.41) is 10.5. The van der Waals surface area contributed by atoms with Gasteiger partial charge in [0.25, 0.3) is 0 Å². The van der Waals surface area contributed by atoms with Crippen molar-refractivity contribution in [2.75, 3.05) is 13.6 Å². The fourth-order valence-corrected chi connectivity index (χ4v) is 2.98. The van der Waals surface area contributed by atoms with E-state index in [1.807, 2.05) is 13.8 Å². The molecule has 0 aromatic rings. The second kappa shape index (κ2) is 5.10. The molecule has 0 radical (unpaired) electrons. The van der Waals surface area contributed by atoms with Crippen molar-refractivity contribution in [3.05, 3.63) is 0 Å². The molecule has 1 aliphatic heterocycles. The zero-order chi connectivity index (χ0) is 14.3. The summed E-state index contributed by atoms with van der Waals surface area (Å²) in [6, 6.07) is 0.511. The Labute approximate surface area is 113 Å². The van der Waals surface area contributed by atoms with Gasteiger partial charge < -0.3 is 14.7 Å². The number of ether oxygens (including phenoxy) is 1. The Morgan fingerprint density at radius 3 is 1.94 bits per heavy atom. The first kappa shape index (κ1) is 15.9. The lowest BCUT2D eigenvalue weighted by atomic mass is 9.84. The van der Waals surface area contributed by atoms with Crippen molar-refractivity contribution in [2.24, 2.45) is 11.8 Å². The Morgan fingerprint density at radius 1 is 1.11 bits per heavy atom. The second-order valence-electron chi connectivity index (χ2n) is 7.28. The average molecular weight is 257 g/mol. The van der Waals surface area contributed by atoms with Gasteiger partial charge in [0.05, 0.1) is 17.3 Å². The standard InChI is InChI=1S/C15H31NO2/c1-10(2)11(3)16(8)9-12-13(17)15(6,7)18-14(12,4)5/h10-13,17H,9H2,1-8H3. The molecule has 3 nitrogen and oxygen atoms in total. The topological polar surface area (TPSA) is 32.7 Å². The molecule has 1 N–H and O–H groups in total. The van der Waals surface area contributed by atoms with Crippen LogP contribution in [0, 0.1) is 11.8 Å². The van der Waals surface area contributed by atoms with Crippen LogP contribution in [0.1, 0.15) is 48.5 Å². The van der Waals surface area contributed by atoms with Crippen molar-refractivity contribution in [1.29, 1.82) is 0 Å². The van der Waals surface area contributed by atoms with E-state index in [0.29, 0.717) is 12.0 Å². The summed E-state index contributed by atoms with van der Waals surface area (Å²) in [5.74, 6) is 0.768. The minimum atomic E-state index is -0.448. The largest absolute Gasteiger partial charge is 0.390 e. The zero-order valence-electron chi connectivity index (χ0n) is 13.3. The summed E-state index contributed by atoms with van der Waals surface area (Å²) in [4.78, 5) is 2.34. The summed E-state index contributed by atoms with van der Waals surface area (Å²) in [7, 11) is 2.14. The molecule has 1 fully saturated rings. The zero-order valence-corrected chi connectivity index (χ0v) is 13.3. The summed E-state index contributed by atoms with van der Waals surface area (Å²) >= 11 is 0. The summed E-state index contributed by atoms with van der Waals surface area (Å²) in [5.41, 5.74) is -0.718. The molecule has 3 heteroatoms. The van der Waals surface area contributed by atoms with E-state index in [2.05, 4.69) is 46.6 Å². The first-order valence-electron chi connectivity index (χ1n) is 7.07. The fraction of sp³-hybridized carbons (Fsp3) is 1.00. The maximum absolute atomic E-state index is 10.5. The minimum Gasteiger partial charge on any atom is -0.390 e. The molecule has 18 heavy (non-hydrogen) atoms. The number of hydrogen-bond acceptors (Lipinski definition) is 3. The van der Waals surface area contributed by atoms with Gasteiger partial charge in [-0.05, 0) is 47.6 Å². The summed E-state index contributed by atoms with van der Waals surface area (Å²) < 4.78 is 6.03. The van der Waals surface area contributed by atoms with E-state index < -0.39 is 11.7 Å². The van der Waals surface area contributed by atoms with Crippen LogP contribution < -0.4 is 0 Å². The molecule has 1 saturated heterocycles. The molecule has 1 rings (SSSR count). The number of aliphatic hydroxyl groups is 1. The van der Waals surface area contributed by atoms with E-state index >= 15 is 0 Å². The highest BCUT2D eigenvalue weighted by Gasteiger charge is 2.53. The lowest BCUT2D eigenvalue weighted by Gasteiger charge is -2.35. The van der Waals surface area contributed by atoms with E-state index in [1.165, 1.54) is 0 Å². The van der Waals surface area contributed by atoms with Gasteiger partial charge in [-0.25, -0.2) is 0 Å². The number of rotatable bonds is 4. The van der Waals surface area contributed by atoms with Crippen molar-refractivity contribution < 1.29 is 9.84 Å². The van der Waals surface area contributed by atoms with Crippen LogP contribution in [0.3, 0.4) is 0 Å². The third-order valence-electron chi connectivity index (χ3n) is 4.66. The Kier molecular flexibility index (Phi) is 4.52. The average Bonchev–Trinajstić information content (AvgIpc) is 2.35. The van der Waals surface area contributed by atoms with E-state index in [-0.39, 0.29) is 11.5 Å². The van der Waals surface area contributed by atoms with Crippen LogP contribution in [0.5, 0.6) is 0 Å². The first-order chi connectivity index (χ1) is 7.99. The lowest BCUT2D eigenvalue weighted by Crippen LogP contribution is -2.45. The highest BCUT2D eigenvalue weighted by Crippen LogP contribution is 2.42. The highest BCUT2D eigenvalue weighted by atomic mass is 16.5. The van der Waals surface area contributed by atoms with Gasteiger partial charge in [0.1, 0.15) is 0 Å². The van der Waals surface area contributed by atoms with Gasteiger partial charge in [0.15, 0.2) is 0 Å². The second-order valence-corrected chi connectivity index (χ2v) is 7.28. The van der Waals surface area contributed by atoms with Crippen LogP contribution in [0.15, 0.2) is 0 Å². The number of hydrogen-bond donors (Lipinski definition) is 1. The van der Waals surface area contributed by atoms with Crippen LogP contribution in [-0.4, -0.2) is 46.9 Å². The van der Waals surface area contributed by atoms with Gasteiger partial charge in [-0.2, -0.15) is 0 Å². The van der Waals surface area contributed by atoms with Crippen LogP contribution in [0.2, 0.25) is 0 Å². The van der Waals surface area contributed by atoms with Crippen molar-refractivity contribution >= 4 is 0 Å².